The van der Waals surface area contributed by atoms with E-state index in [1.807, 2.05) is 19.1 Å². The van der Waals surface area contributed by atoms with Crippen LogP contribution in [0.5, 0.6) is 0 Å². The van der Waals surface area contributed by atoms with Crippen LogP contribution in [-0.4, -0.2) is 67.2 Å². The van der Waals surface area contributed by atoms with Crippen LogP contribution in [0.4, 0.5) is 5.69 Å². The second-order valence-electron chi connectivity index (χ2n) is 10.8. The number of aromatic nitrogens is 1. The molecule has 0 saturated carbocycles. The van der Waals surface area contributed by atoms with Crippen molar-refractivity contribution in [2.45, 2.75) is 57.1 Å². The number of sulfone groups is 1. The minimum Gasteiger partial charge on any atom is -0.460 e. The molecule has 1 unspecified atom stereocenters. The Morgan fingerprint density at radius 2 is 1.87 bits per heavy atom. The van der Waals surface area contributed by atoms with Gasteiger partial charge in [-0.2, -0.15) is 0 Å². The quantitative estimate of drug-likeness (QED) is 0.375. The zero-order chi connectivity index (χ0) is 28.4. The Hall–Kier alpha value is -3.17. The summed E-state index contributed by atoms with van der Waals surface area (Å²) >= 11 is 6.08. The van der Waals surface area contributed by atoms with Gasteiger partial charge in [0.25, 0.3) is 0 Å². The van der Waals surface area contributed by atoms with E-state index in [0.29, 0.717) is 30.0 Å². The number of carbonyl (C=O) groups is 2. The average Bonchev–Trinajstić information content (AvgIpc) is 2.85. The minimum absolute atomic E-state index is 0.0143. The third-order valence-electron chi connectivity index (χ3n) is 6.59. The maximum atomic E-state index is 13.4. The van der Waals surface area contributed by atoms with Gasteiger partial charge in [0, 0.05) is 54.0 Å². The number of piperazine rings is 1. The third-order valence-corrected chi connectivity index (χ3v) is 8.60. The zero-order valence-electron chi connectivity index (χ0n) is 22.7. The van der Waals surface area contributed by atoms with Gasteiger partial charge in [-0.1, -0.05) is 29.8 Å². The highest BCUT2D eigenvalue weighted by atomic mass is 35.5. The highest BCUT2D eigenvalue weighted by molar-refractivity contribution is 7.91. The van der Waals surface area contributed by atoms with Gasteiger partial charge in [0.2, 0.25) is 5.91 Å². The summed E-state index contributed by atoms with van der Waals surface area (Å²) in [6.07, 6.45) is 1.56. The fourth-order valence-electron chi connectivity index (χ4n) is 4.87. The molecule has 2 heterocycles. The third kappa shape index (κ3) is 7.28. The number of carbonyl (C=O) groups excluding carboxylic acids is 2. The van der Waals surface area contributed by atoms with E-state index in [1.54, 1.807) is 68.3 Å². The van der Waals surface area contributed by atoms with Gasteiger partial charge in [0.1, 0.15) is 5.60 Å². The lowest BCUT2D eigenvalue weighted by Gasteiger charge is -2.42. The number of fused-ring (bicyclic) bond motifs is 1. The minimum atomic E-state index is -3.76. The van der Waals surface area contributed by atoms with E-state index in [9.17, 15) is 18.0 Å². The first-order valence-electron chi connectivity index (χ1n) is 12.9. The van der Waals surface area contributed by atoms with Crippen molar-refractivity contribution < 1.29 is 22.7 Å². The topological polar surface area (TPSA) is 96.9 Å². The summed E-state index contributed by atoms with van der Waals surface area (Å²) in [5.41, 5.74) is 1.18. The number of nitrogens with zero attached hydrogens (tertiary/aromatic N) is 3. The van der Waals surface area contributed by atoms with Crippen LogP contribution in [0.2, 0.25) is 5.02 Å². The van der Waals surface area contributed by atoms with E-state index in [0.717, 1.165) is 16.8 Å². The molecule has 1 fully saturated rings. The van der Waals surface area contributed by atoms with Crippen molar-refractivity contribution in [3.05, 3.63) is 65.4 Å². The van der Waals surface area contributed by atoms with E-state index < -0.39 is 27.4 Å². The molecule has 1 aliphatic rings. The van der Waals surface area contributed by atoms with Gasteiger partial charge in [0.15, 0.2) is 9.84 Å². The SMILES string of the molecule is Cc1cc(N2CCN(C(=O)CCS(=O)(=O)c3cccc4cc(Cl)ccc34)C(CC(=O)OC(C)(C)C)C2)ccn1. The predicted octanol–water partition coefficient (Wildman–Crippen LogP) is 4.81. The van der Waals surface area contributed by atoms with Crippen molar-refractivity contribution in [2.75, 3.05) is 30.3 Å². The fourth-order valence-corrected chi connectivity index (χ4v) is 6.52. The lowest BCUT2D eigenvalue weighted by atomic mass is 10.1. The largest absolute Gasteiger partial charge is 0.460 e. The van der Waals surface area contributed by atoms with E-state index in [1.165, 1.54) is 0 Å². The first kappa shape index (κ1) is 28.8. The first-order chi connectivity index (χ1) is 18.3. The molecule has 0 radical (unpaired) electrons. The molecule has 0 aliphatic carbocycles. The van der Waals surface area contributed by atoms with Gasteiger partial charge >= 0.3 is 5.97 Å². The Kier molecular flexibility index (Phi) is 8.51. The number of hydrogen-bond donors (Lipinski definition) is 0. The predicted molar refractivity (Wildman–Crippen MR) is 153 cm³/mol. The van der Waals surface area contributed by atoms with Crippen molar-refractivity contribution in [3.8, 4) is 0 Å². The van der Waals surface area contributed by atoms with Crippen LogP contribution < -0.4 is 4.90 Å². The summed E-state index contributed by atoms with van der Waals surface area (Å²) in [5.74, 6) is -1.04. The molecule has 10 heteroatoms. The number of esters is 1. The second kappa shape index (κ2) is 11.5. The summed E-state index contributed by atoms with van der Waals surface area (Å²) in [5, 5.41) is 1.80. The summed E-state index contributed by atoms with van der Waals surface area (Å²) in [4.78, 5) is 34.3. The Balaban J connectivity index is 1.51. The Morgan fingerprint density at radius 3 is 2.59 bits per heavy atom. The van der Waals surface area contributed by atoms with Crippen LogP contribution in [0, 0.1) is 6.92 Å². The van der Waals surface area contributed by atoms with Crippen LogP contribution >= 0.6 is 11.6 Å². The molecule has 39 heavy (non-hydrogen) atoms. The van der Waals surface area contributed by atoms with Crippen LogP contribution in [-0.2, 0) is 24.2 Å². The Labute approximate surface area is 234 Å². The van der Waals surface area contributed by atoms with Crippen molar-refractivity contribution in [3.63, 3.8) is 0 Å². The van der Waals surface area contributed by atoms with Crippen LogP contribution in [0.25, 0.3) is 10.8 Å². The smallest absolute Gasteiger partial charge is 0.308 e. The maximum Gasteiger partial charge on any atom is 0.308 e. The number of ether oxygens (including phenoxy) is 1. The fraction of sp³-hybridized carbons (Fsp3) is 0.414. The zero-order valence-corrected chi connectivity index (χ0v) is 24.3. The molecule has 1 amide bonds. The summed E-state index contributed by atoms with van der Waals surface area (Å²) < 4.78 is 32.2. The number of halogens is 1. The molecule has 4 rings (SSSR count). The van der Waals surface area contributed by atoms with Crippen LogP contribution in [0.1, 0.15) is 39.3 Å². The summed E-state index contributed by atoms with van der Waals surface area (Å²) in [7, 11) is -3.76. The molecule has 0 bridgehead atoms. The molecule has 2 aromatic carbocycles. The molecule has 3 aromatic rings. The molecule has 1 aromatic heterocycles. The van der Waals surface area contributed by atoms with E-state index in [-0.39, 0.29) is 29.4 Å². The van der Waals surface area contributed by atoms with E-state index in [2.05, 4.69) is 9.88 Å². The summed E-state index contributed by atoms with van der Waals surface area (Å²) in [6, 6.07) is 13.5. The Morgan fingerprint density at radius 1 is 1.10 bits per heavy atom. The Bertz CT molecular complexity index is 1490. The molecule has 1 aliphatic heterocycles. The second-order valence-corrected chi connectivity index (χ2v) is 13.3. The van der Waals surface area contributed by atoms with Gasteiger partial charge in [-0.15, -0.1) is 0 Å². The van der Waals surface area contributed by atoms with Crippen molar-refractivity contribution >= 4 is 49.8 Å². The monoisotopic (exact) mass is 571 g/mol. The van der Waals surface area contributed by atoms with Crippen molar-refractivity contribution in [1.29, 1.82) is 0 Å². The van der Waals surface area contributed by atoms with E-state index in [4.69, 9.17) is 16.3 Å². The molecular formula is C29H34ClN3O5S. The van der Waals surface area contributed by atoms with Crippen molar-refractivity contribution in [2.24, 2.45) is 0 Å². The highest BCUT2D eigenvalue weighted by Crippen LogP contribution is 2.28. The van der Waals surface area contributed by atoms with Gasteiger partial charge in [-0.3, -0.25) is 14.6 Å². The molecule has 208 valence electrons. The average molecular weight is 572 g/mol. The number of anilines is 1. The number of rotatable bonds is 7. The molecule has 8 nitrogen and oxygen atoms in total. The number of benzene rings is 2. The lowest BCUT2D eigenvalue weighted by molar-refractivity contribution is -0.156. The molecule has 1 saturated heterocycles. The van der Waals surface area contributed by atoms with Gasteiger partial charge in [-0.25, -0.2) is 8.42 Å². The molecule has 0 spiro atoms. The van der Waals surface area contributed by atoms with Crippen LogP contribution in [0.3, 0.4) is 0 Å². The normalized spacial score (nSPS) is 16.4. The highest BCUT2D eigenvalue weighted by Gasteiger charge is 2.34. The first-order valence-corrected chi connectivity index (χ1v) is 15.0. The van der Waals surface area contributed by atoms with Crippen LogP contribution in [0.15, 0.2) is 59.6 Å². The number of pyridine rings is 1. The summed E-state index contributed by atoms with van der Waals surface area (Å²) in [6.45, 7) is 8.64. The van der Waals surface area contributed by atoms with Crippen molar-refractivity contribution in [1.82, 2.24) is 9.88 Å². The standard InChI is InChI=1S/C29H34ClN3O5S/c1-20-16-23(10-12-31-20)32-13-14-33(24(19-32)18-28(35)38-29(2,3)4)27(34)11-15-39(36,37)26-7-5-6-21-17-22(30)8-9-25(21)26/h5-10,12,16-17,24H,11,13-15,18-19H2,1-4H3. The lowest BCUT2D eigenvalue weighted by Crippen LogP contribution is -2.56. The van der Waals surface area contributed by atoms with Gasteiger partial charge in [-0.05, 0) is 63.4 Å². The molecular weight excluding hydrogens is 538 g/mol. The molecule has 0 N–H and O–H groups in total. The van der Waals surface area contributed by atoms with E-state index >= 15 is 0 Å². The maximum absolute atomic E-state index is 13.4. The number of hydrogen-bond acceptors (Lipinski definition) is 7. The van der Waals surface area contributed by atoms with Gasteiger partial charge in [0.05, 0.1) is 23.1 Å². The molecule has 1 atom stereocenters. The number of amides is 1. The number of aryl methyl sites for hydroxylation is 1. The van der Waals surface area contributed by atoms with Gasteiger partial charge < -0.3 is 14.5 Å².